The van der Waals surface area contributed by atoms with Gasteiger partial charge in [-0.3, -0.25) is 4.79 Å². The lowest BCUT2D eigenvalue weighted by Crippen LogP contribution is -2.11. The molecule has 2 N–H and O–H groups in total. The summed E-state index contributed by atoms with van der Waals surface area (Å²) < 4.78 is 0. The fourth-order valence-corrected chi connectivity index (χ4v) is 3.21. The Kier molecular flexibility index (Phi) is 3.15. The molecule has 0 saturated heterocycles. The molecule has 0 fully saturated rings. The minimum absolute atomic E-state index is 0.188. The van der Waals surface area contributed by atoms with Crippen LogP contribution in [-0.2, 0) is 0 Å². The SMILES string of the molecule is O=c1[nH]c(-c2ccccc2)nc2cccc(-c3ncnc4[nH]ccc34)c12. The van der Waals surface area contributed by atoms with E-state index >= 15 is 0 Å². The van der Waals surface area contributed by atoms with Crippen molar-refractivity contribution in [2.24, 2.45) is 0 Å². The molecule has 0 aliphatic heterocycles. The first-order chi connectivity index (χ1) is 12.8. The van der Waals surface area contributed by atoms with Gasteiger partial charge in [0.05, 0.1) is 16.6 Å². The molecule has 5 aromatic rings. The lowest BCUT2D eigenvalue weighted by atomic mass is 10.0. The fourth-order valence-electron chi connectivity index (χ4n) is 3.21. The molecule has 3 heterocycles. The Bertz CT molecular complexity index is 1300. The highest BCUT2D eigenvalue weighted by molar-refractivity contribution is 6.01. The summed E-state index contributed by atoms with van der Waals surface area (Å²) in [7, 11) is 0. The fraction of sp³-hybridized carbons (Fsp3) is 0. The Morgan fingerprint density at radius 2 is 1.77 bits per heavy atom. The summed E-state index contributed by atoms with van der Waals surface area (Å²) in [6.45, 7) is 0. The topological polar surface area (TPSA) is 87.3 Å². The highest BCUT2D eigenvalue weighted by Gasteiger charge is 2.14. The van der Waals surface area contributed by atoms with E-state index in [4.69, 9.17) is 0 Å². The molecule has 5 rings (SSSR count). The summed E-state index contributed by atoms with van der Waals surface area (Å²) in [5.41, 5.74) is 3.49. The van der Waals surface area contributed by atoms with Crippen molar-refractivity contribution < 1.29 is 0 Å². The van der Waals surface area contributed by atoms with Crippen molar-refractivity contribution in [3.8, 4) is 22.6 Å². The van der Waals surface area contributed by atoms with E-state index in [1.807, 2.05) is 60.8 Å². The molecule has 0 saturated carbocycles. The van der Waals surface area contributed by atoms with Crippen LogP contribution in [0.2, 0.25) is 0 Å². The van der Waals surface area contributed by atoms with Gasteiger partial charge in [-0.25, -0.2) is 15.0 Å². The van der Waals surface area contributed by atoms with Gasteiger partial charge in [0.1, 0.15) is 17.8 Å². The van der Waals surface area contributed by atoms with Gasteiger partial charge in [-0.1, -0.05) is 42.5 Å². The smallest absolute Gasteiger partial charge is 0.259 e. The van der Waals surface area contributed by atoms with E-state index in [1.165, 1.54) is 6.33 Å². The van der Waals surface area contributed by atoms with Gasteiger partial charge in [0, 0.05) is 22.7 Å². The molecular formula is C20H13N5O. The number of rotatable bonds is 2. The largest absolute Gasteiger partial charge is 0.346 e. The van der Waals surface area contributed by atoms with E-state index in [1.54, 1.807) is 0 Å². The van der Waals surface area contributed by atoms with Crippen molar-refractivity contribution in [1.29, 1.82) is 0 Å². The predicted molar refractivity (Wildman–Crippen MR) is 101 cm³/mol. The van der Waals surface area contributed by atoms with Crippen LogP contribution in [0.15, 0.2) is 71.9 Å². The molecular weight excluding hydrogens is 326 g/mol. The zero-order valence-electron chi connectivity index (χ0n) is 13.6. The first-order valence-electron chi connectivity index (χ1n) is 8.18. The zero-order valence-corrected chi connectivity index (χ0v) is 13.6. The molecule has 6 nitrogen and oxygen atoms in total. The molecule has 0 amide bonds. The van der Waals surface area contributed by atoms with Crippen LogP contribution in [0.5, 0.6) is 0 Å². The Morgan fingerprint density at radius 3 is 2.65 bits per heavy atom. The van der Waals surface area contributed by atoms with Crippen LogP contribution in [0.25, 0.3) is 44.6 Å². The molecule has 0 radical (unpaired) electrons. The number of aromatic amines is 2. The molecule has 26 heavy (non-hydrogen) atoms. The average molecular weight is 339 g/mol. The van der Waals surface area contributed by atoms with E-state index in [2.05, 4.69) is 24.9 Å². The monoisotopic (exact) mass is 339 g/mol. The van der Waals surface area contributed by atoms with Crippen LogP contribution >= 0.6 is 0 Å². The van der Waals surface area contributed by atoms with Crippen molar-refractivity contribution >= 4 is 21.9 Å². The zero-order chi connectivity index (χ0) is 17.5. The number of H-pyrrole nitrogens is 2. The molecule has 0 aliphatic rings. The summed E-state index contributed by atoms with van der Waals surface area (Å²) >= 11 is 0. The van der Waals surface area contributed by atoms with Crippen LogP contribution in [-0.4, -0.2) is 24.9 Å². The Morgan fingerprint density at radius 1 is 0.885 bits per heavy atom. The van der Waals surface area contributed by atoms with Crippen molar-refractivity contribution in [3.63, 3.8) is 0 Å². The predicted octanol–water partition coefficient (Wildman–Crippen LogP) is 3.53. The van der Waals surface area contributed by atoms with Crippen molar-refractivity contribution in [2.75, 3.05) is 0 Å². The Balaban J connectivity index is 1.81. The molecule has 2 aromatic carbocycles. The van der Waals surface area contributed by atoms with Gasteiger partial charge in [-0.2, -0.15) is 0 Å². The molecule has 0 spiro atoms. The summed E-state index contributed by atoms with van der Waals surface area (Å²) in [6, 6.07) is 17.1. The molecule has 124 valence electrons. The van der Waals surface area contributed by atoms with E-state index in [9.17, 15) is 4.79 Å². The second-order valence-electron chi connectivity index (χ2n) is 5.94. The van der Waals surface area contributed by atoms with E-state index in [0.717, 1.165) is 22.2 Å². The number of nitrogens with one attached hydrogen (secondary N) is 2. The van der Waals surface area contributed by atoms with Crippen LogP contribution in [0.4, 0.5) is 0 Å². The number of hydrogen-bond donors (Lipinski definition) is 2. The first kappa shape index (κ1) is 14.5. The second kappa shape index (κ2) is 5.63. The van der Waals surface area contributed by atoms with Crippen LogP contribution < -0.4 is 5.56 Å². The maximum atomic E-state index is 12.9. The van der Waals surface area contributed by atoms with Gasteiger partial charge in [-0.15, -0.1) is 0 Å². The molecule has 0 unspecified atom stereocenters. The van der Waals surface area contributed by atoms with E-state index in [0.29, 0.717) is 22.4 Å². The van der Waals surface area contributed by atoms with E-state index < -0.39 is 0 Å². The summed E-state index contributed by atoms with van der Waals surface area (Å²) in [5, 5.41) is 1.39. The highest BCUT2D eigenvalue weighted by atomic mass is 16.1. The lowest BCUT2D eigenvalue weighted by Gasteiger charge is -2.08. The van der Waals surface area contributed by atoms with Gasteiger partial charge < -0.3 is 9.97 Å². The van der Waals surface area contributed by atoms with Gasteiger partial charge in [0.2, 0.25) is 0 Å². The molecule has 0 atom stereocenters. The number of hydrogen-bond acceptors (Lipinski definition) is 4. The third kappa shape index (κ3) is 2.20. The number of benzene rings is 2. The van der Waals surface area contributed by atoms with Crippen LogP contribution in [0, 0.1) is 0 Å². The summed E-state index contributed by atoms with van der Waals surface area (Å²) in [5.74, 6) is 0.551. The molecule has 6 heteroatoms. The summed E-state index contributed by atoms with van der Waals surface area (Å²) in [6.07, 6.45) is 3.30. The average Bonchev–Trinajstić information content (AvgIpc) is 3.17. The molecule has 0 bridgehead atoms. The lowest BCUT2D eigenvalue weighted by molar-refractivity contribution is 1.17. The number of fused-ring (bicyclic) bond motifs is 2. The number of aromatic nitrogens is 5. The van der Waals surface area contributed by atoms with Crippen LogP contribution in [0.3, 0.4) is 0 Å². The minimum atomic E-state index is -0.188. The third-order valence-electron chi connectivity index (χ3n) is 4.39. The van der Waals surface area contributed by atoms with Crippen molar-refractivity contribution in [1.82, 2.24) is 24.9 Å². The Hall–Kier alpha value is -3.80. The van der Waals surface area contributed by atoms with Gasteiger partial charge >= 0.3 is 0 Å². The maximum Gasteiger partial charge on any atom is 0.259 e. The van der Waals surface area contributed by atoms with Gasteiger partial charge in [0.25, 0.3) is 5.56 Å². The summed E-state index contributed by atoms with van der Waals surface area (Å²) in [4.78, 5) is 32.1. The first-order valence-corrected chi connectivity index (χ1v) is 8.18. The molecule has 3 aromatic heterocycles. The standard InChI is InChI=1S/C20H13N5O/c26-20-16-13(17-14-9-10-21-19(14)23-11-22-17)7-4-8-15(16)24-18(25-20)12-5-2-1-3-6-12/h1-11H,(H,21,22,23)(H,24,25,26). The number of nitrogens with zero attached hydrogens (tertiary/aromatic N) is 3. The Labute approximate surface area is 147 Å². The van der Waals surface area contributed by atoms with Gasteiger partial charge in [0.15, 0.2) is 0 Å². The van der Waals surface area contributed by atoms with Crippen molar-refractivity contribution in [3.05, 3.63) is 77.5 Å². The van der Waals surface area contributed by atoms with E-state index in [-0.39, 0.29) is 5.56 Å². The van der Waals surface area contributed by atoms with Crippen molar-refractivity contribution in [2.45, 2.75) is 0 Å². The van der Waals surface area contributed by atoms with Gasteiger partial charge in [-0.05, 0) is 12.1 Å². The normalized spacial score (nSPS) is 11.2. The van der Waals surface area contributed by atoms with Crippen LogP contribution in [0.1, 0.15) is 0 Å². The highest BCUT2D eigenvalue weighted by Crippen LogP contribution is 2.29. The maximum absolute atomic E-state index is 12.9. The molecule has 0 aliphatic carbocycles. The quantitative estimate of drug-likeness (QED) is 0.515. The minimum Gasteiger partial charge on any atom is -0.346 e. The second-order valence-corrected chi connectivity index (χ2v) is 5.94. The third-order valence-corrected chi connectivity index (χ3v) is 4.39.